The first-order chi connectivity index (χ1) is 10.5. The fourth-order valence-corrected chi connectivity index (χ4v) is 2.91. The second-order valence-electron chi connectivity index (χ2n) is 6.19. The van der Waals surface area contributed by atoms with Gasteiger partial charge in [0.25, 0.3) is 0 Å². The SMILES string of the molecule is CC[C@H](CO)NC[C@H](O)Cn1c(C)c(C)c2cc(C)ccc21. The molecule has 122 valence electrons. The number of fused-ring (bicyclic) bond motifs is 1. The molecule has 4 nitrogen and oxygen atoms in total. The third-order valence-electron chi connectivity index (χ3n) is 4.54. The lowest BCUT2D eigenvalue weighted by Gasteiger charge is -2.19. The van der Waals surface area contributed by atoms with E-state index in [9.17, 15) is 10.2 Å². The Morgan fingerprint density at radius 1 is 1.23 bits per heavy atom. The van der Waals surface area contributed by atoms with Crippen LogP contribution in [-0.4, -0.2) is 40.1 Å². The van der Waals surface area contributed by atoms with Crippen molar-refractivity contribution >= 4 is 10.9 Å². The topological polar surface area (TPSA) is 57.4 Å². The summed E-state index contributed by atoms with van der Waals surface area (Å²) in [5, 5.41) is 24.0. The van der Waals surface area contributed by atoms with E-state index in [4.69, 9.17) is 0 Å². The number of aryl methyl sites for hydroxylation is 2. The van der Waals surface area contributed by atoms with Crippen LogP contribution in [-0.2, 0) is 6.54 Å². The molecule has 0 bridgehead atoms. The fourth-order valence-electron chi connectivity index (χ4n) is 2.91. The quantitative estimate of drug-likeness (QED) is 0.735. The summed E-state index contributed by atoms with van der Waals surface area (Å²) in [7, 11) is 0. The lowest BCUT2D eigenvalue weighted by molar-refractivity contribution is 0.139. The van der Waals surface area contributed by atoms with Crippen LogP contribution in [0.2, 0.25) is 0 Å². The Balaban J connectivity index is 2.16. The van der Waals surface area contributed by atoms with Gasteiger partial charge in [0.1, 0.15) is 0 Å². The van der Waals surface area contributed by atoms with E-state index >= 15 is 0 Å². The van der Waals surface area contributed by atoms with E-state index in [0.717, 1.165) is 6.42 Å². The Morgan fingerprint density at radius 2 is 1.95 bits per heavy atom. The summed E-state index contributed by atoms with van der Waals surface area (Å²) >= 11 is 0. The first kappa shape index (κ1) is 17.0. The molecule has 0 aliphatic rings. The minimum Gasteiger partial charge on any atom is -0.395 e. The predicted molar refractivity (Wildman–Crippen MR) is 91.3 cm³/mol. The lowest BCUT2D eigenvalue weighted by atomic mass is 10.1. The van der Waals surface area contributed by atoms with Gasteiger partial charge in [0, 0.05) is 29.2 Å². The van der Waals surface area contributed by atoms with Gasteiger partial charge < -0.3 is 20.1 Å². The molecule has 0 amide bonds. The van der Waals surface area contributed by atoms with Crippen molar-refractivity contribution in [2.75, 3.05) is 13.2 Å². The monoisotopic (exact) mass is 304 g/mol. The van der Waals surface area contributed by atoms with Crippen molar-refractivity contribution in [2.45, 2.75) is 52.8 Å². The maximum Gasteiger partial charge on any atom is 0.0843 e. The maximum absolute atomic E-state index is 10.3. The first-order valence-corrected chi connectivity index (χ1v) is 8.06. The Bertz CT molecular complexity index is 630. The number of rotatable bonds is 7. The van der Waals surface area contributed by atoms with Crippen LogP contribution in [0, 0.1) is 20.8 Å². The summed E-state index contributed by atoms with van der Waals surface area (Å²) in [5.41, 5.74) is 4.91. The van der Waals surface area contributed by atoms with Crippen molar-refractivity contribution in [1.82, 2.24) is 9.88 Å². The number of aromatic nitrogens is 1. The molecular weight excluding hydrogens is 276 g/mol. The van der Waals surface area contributed by atoms with Gasteiger partial charge in [-0.05, 0) is 44.9 Å². The Hall–Kier alpha value is -1.36. The molecule has 2 atom stereocenters. The molecule has 0 saturated heterocycles. The van der Waals surface area contributed by atoms with Crippen molar-refractivity contribution in [1.29, 1.82) is 0 Å². The summed E-state index contributed by atoms with van der Waals surface area (Å²) in [6.45, 7) is 9.52. The van der Waals surface area contributed by atoms with Gasteiger partial charge >= 0.3 is 0 Å². The van der Waals surface area contributed by atoms with E-state index in [1.807, 2.05) is 6.92 Å². The Labute approximate surface area is 132 Å². The van der Waals surface area contributed by atoms with Gasteiger partial charge in [-0.3, -0.25) is 0 Å². The largest absolute Gasteiger partial charge is 0.395 e. The number of benzene rings is 1. The zero-order chi connectivity index (χ0) is 16.3. The molecule has 0 aliphatic heterocycles. The zero-order valence-electron chi connectivity index (χ0n) is 14.1. The zero-order valence-corrected chi connectivity index (χ0v) is 14.1. The van der Waals surface area contributed by atoms with Crippen LogP contribution in [0.25, 0.3) is 10.9 Å². The smallest absolute Gasteiger partial charge is 0.0843 e. The van der Waals surface area contributed by atoms with Crippen molar-refractivity contribution < 1.29 is 10.2 Å². The van der Waals surface area contributed by atoms with Gasteiger partial charge in [-0.1, -0.05) is 18.6 Å². The molecular formula is C18H28N2O2. The Morgan fingerprint density at radius 3 is 2.59 bits per heavy atom. The average Bonchev–Trinajstić information content (AvgIpc) is 2.73. The molecule has 0 radical (unpaired) electrons. The molecule has 3 N–H and O–H groups in total. The summed E-state index contributed by atoms with van der Waals surface area (Å²) in [4.78, 5) is 0. The fraction of sp³-hybridized carbons (Fsp3) is 0.556. The van der Waals surface area contributed by atoms with E-state index in [0.29, 0.717) is 13.1 Å². The van der Waals surface area contributed by atoms with Gasteiger partial charge in [-0.15, -0.1) is 0 Å². The van der Waals surface area contributed by atoms with Crippen LogP contribution in [0.15, 0.2) is 18.2 Å². The van der Waals surface area contributed by atoms with E-state index < -0.39 is 6.10 Å². The van der Waals surface area contributed by atoms with Gasteiger partial charge in [0.15, 0.2) is 0 Å². The highest BCUT2D eigenvalue weighted by Gasteiger charge is 2.15. The molecule has 4 heteroatoms. The second-order valence-corrected chi connectivity index (χ2v) is 6.19. The molecule has 2 aromatic rings. The molecule has 0 fully saturated rings. The van der Waals surface area contributed by atoms with Crippen LogP contribution in [0.3, 0.4) is 0 Å². The number of hydrogen-bond acceptors (Lipinski definition) is 3. The van der Waals surface area contributed by atoms with Crippen LogP contribution >= 0.6 is 0 Å². The predicted octanol–water partition coefficient (Wildman–Crippen LogP) is 2.29. The third kappa shape index (κ3) is 3.51. The van der Waals surface area contributed by atoms with Gasteiger partial charge in [-0.2, -0.15) is 0 Å². The van der Waals surface area contributed by atoms with Gasteiger partial charge in [0.2, 0.25) is 0 Å². The summed E-state index contributed by atoms with van der Waals surface area (Å²) in [6, 6.07) is 6.51. The number of aliphatic hydroxyl groups is 2. The van der Waals surface area contributed by atoms with Crippen LogP contribution in [0.4, 0.5) is 0 Å². The van der Waals surface area contributed by atoms with Gasteiger partial charge in [-0.25, -0.2) is 0 Å². The second kappa shape index (κ2) is 7.27. The minimum absolute atomic E-state index is 0.0570. The summed E-state index contributed by atoms with van der Waals surface area (Å²) in [5.74, 6) is 0. The van der Waals surface area contributed by atoms with Crippen LogP contribution < -0.4 is 5.32 Å². The molecule has 1 heterocycles. The van der Waals surface area contributed by atoms with Crippen LogP contribution in [0.1, 0.15) is 30.2 Å². The van der Waals surface area contributed by atoms with E-state index in [1.165, 1.54) is 27.7 Å². The normalized spacial score (nSPS) is 14.5. The van der Waals surface area contributed by atoms with Crippen molar-refractivity contribution in [3.63, 3.8) is 0 Å². The number of aliphatic hydroxyl groups excluding tert-OH is 2. The minimum atomic E-state index is -0.476. The average molecular weight is 304 g/mol. The molecule has 0 aliphatic carbocycles. The highest BCUT2D eigenvalue weighted by molar-refractivity contribution is 5.85. The molecule has 2 rings (SSSR count). The molecule has 0 spiro atoms. The highest BCUT2D eigenvalue weighted by Crippen LogP contribution is 2.26. The molecule has 0 saturated carbocycles. The van der Waals surface area contributed by atoms with Crippen LogP contribution in [0.5, 0.6) is 0 Å². The molecule has 22 heavy (non-hydrogen) atoms. The standard InChI is InChI=1S/C18H28N2O2/c1-5-15(11-21)19-9-16(22)10-20-14(4)13(3)17-8-12(2)6-7-18(17)20/h6-8,15-16,19,21-22H,5,9-11H2,1-4H3/t15-,16+/m1/s1. The summed E-state index contributed by atoms with van der Waals surface area (Å²) < 4.78 is 2.19. The maximum atomic E-state index is 10.3. The number of hydrogen-bond donors (Lipinski definition) is 3. The van der Waals surface area contributed by atoms with Gasteiger partial charge in [0.05, 0.1) is 19.3 Å². The number of nitrogens with zero attached hydrogens (tertiary/aromatic N) is 1. The van der Waals surface area contributed by atoms with E-state index in [2.05, 4.69) is 48.9 Å². The van der Waals surface area contributed by atoms with E-state index in [-0.39, 0.29) is 12.6 Å². The van der Waals surface area contributed by atoms with E-state index in [1.54, 1.807) is 0 Å². The summed E-state index contributed by atoms with van der Waals surface area (Å²) in [6.07, 6.45) is 0.378. The highest BCUT2D eigenvalue weighted by atomic mass is 16.3. The number of nitrogens with one attached hydrogen (secondary N) is 1. The van der Waals surface area contributed by atoms with Crippen molar-refractivity contribution in [2.24, 2.45) is 0 Å². The molecule has 1 aromatic carbocycles. The van der Waals surface area contributed by atoms with Crippen molar-refractivity contribution in [3.8, 4) is 0 Å². The molecule has 0 unspecified atom stereocenters. The third-order valence-corrected chi connectivity index (χ3v) is 4.54. The first-order valence-electron chi connectivity index (χ1n) is 8.06. The van der Waals surface area contributed by atoms with Crippen molar-refractivity contribution in [3.05, 3.63) is 35.0 Å². The lowest BCUT2D eigenvalue weighted by Crippen LogP contribution is -2.39. The Kier molecular flexibility index (Phi) is 5.62. The molecule has 1 aromatic heterocycles.